The molecule has 2 heterocycles. The molecule has 7 aliphatic rings. The van der Waals surface area contributed by atoms with E-state index >= 15 is 0 Å². The summed E-state index contributed by atoms with van der Waals surface area (Å²) in [5.41, 5.74) is 1.57. The molecule has 0 bridgehead atoms. The lowest BCUT2D eigenvalue weighted by atomic mass is 9.65. The smallest absolute Gasteiger partial charge is 0.110 e. The van der Waals surface area contributed by atoms with E-state index in [9.17, 15) is 0 Å². The third-order valence-corrected chi connectivity index (χ3v) is 11.4. The highest BCUT2D eigenvalue weighted by molar-refractivity contribution is 9.09. The van der Waals surface area contributed by atoms with Crippen molar-refractivity contribution in [3.05, 3.63) is 71.8 Å². The monoisotopic (exact) mass is 574 g/mol. The van der Waals surface area contributed by atoms with Gasteiger partial charge in [0, 0.05) is 34.5 Å². The molecule has 3 nitrogen and oxygen atoms in total. The minimum atomic E-state index is 0.341. The maximum absolute atomic E-state index is 6.88. The number of hydrogen-bond acceptors (Lipinski definition) is 3. The van der Waals surface area contributed by atoms with Crippen LogP contribution in [0.1, 0.15) is 77.0 Å². The zero-order chi connectivity index (χ0) is 25.5. The normalized spacial score (nSPS) is 42.1. The number of fused-ring (bicyclic) bond motifs is 2. The zero-order valence-corrected chi connectivity index (χ0v) is 24.2. The van der Waals surface area contributed by atoms with E-state index < -0.39 is 0 Å². The molecule has 1 N–H and O–H groups in total. The Morgan fingerprint density at radius 1 is 0.842 bits per heavy atom. The van der Waals surface area contributed by atoms with E-state index in [1.54, 1.807) is 5.57 Å². The summed E-state index contributed by atoms with van der Waals surface area (Å²) < 4.78 is 6.88. The first-order valence-corrected chi connectivity index (χ1v) is 16.4. The third kappa shape index (κ3) is 4.63. The molecule has 0 saturated heterocycles. The van der Waals surface area contributed by atoms with E-state index in [1.165, 1.54) is 75.1 Å². The molecule has 0 aromatic carbocycles. The average molecular weight is 576 g/mol. The Balaban J connectivity index is 1.31. The minimum absolute atomic E-state index is 0.341. The Kier molecular flexibility index (Phi) is 7.28. The van der Waals surface area contributed by atoms with Crippen LogP contribution in [-0.2, 0) is 4.74 Å². The number of nitrogens with zero attached hydrogens (tertiary/aromatic N) is 1. The van der Waals surface area contributed by atoms with Crippen molar-refractivity contribution in [3.63, 3.8) is 0 Å². The van der Waals surface area contributed by atoms with Crippen LogP contribution in [0.3, 0.4) is 0 Å². The van der Waals surface area contributed by atoms with E-state index in [-0.39, 0.29) is 0 Å². The molecule has 0 aromatic rings. The SMILES string of the molecule is BrC1CCC(C2NC(C3CC=CCC3)=NC(C3C=CCCC3)C2C2C=CC=CC2)C2=C1C1CCCC=C1O2. The summed E-state index contributed by atoms with van der Waals surface area (Å²) in [6.07, 6.45) is 36.0. The number of nitrogens with one attached hydrogen (secondary N) is 1. The van der Waals surface area contributed by atoms with Gasteiger partial charge in [-0.15, -0.1) is 0 Å². The molecule has 0 aromatic heterocycles. The lowest BCUT2D eigenvalue weighted by Gasteiger charge is -2.49. The second kappa shape index (κ2) is 11.0. The van der Waals surface area contributed by atoms with Gasteiger partial charge in [-0.3, -0.25) is 4.99 Å². The number of ether oxygens (including phenoxy) is 1. The fraction of sp³-hybridized carbons (Fsp3) is 0.618. The summed E-state index contributed by atoms with van der Waals surface area (Å²) in [6, 6.07) is 0.703. The van der Waals surface area contributed by atoms with Gasteiger partial charge < -0.3 is 10.1 Å². The van der Waals surface area contributed by atoms with Crippen molar-refractivity contribution in [3.8, 4) is 0 Å². The van der Waals surface area contributed by atoms with Gasteiger partial charge in [0.25, 0.3) is 0 Å². The molecule has 202 valence electrons. The predicted molar refractivity (Wildman–Crippen MR) is 160 cm³/mol. The first kappa shape index (κ1) is 25.2. The summed E-state index contributed by atoms with van der Waals surface area (Å²) in [5, 5.41) is 4.20. The standard InChI is InChI=1S/C34H43BrN2O/c35-27-21-20-26(33-30(27)25-18-10-11-19-28(25)38-33)32-29(22-12-4-1-5-13-22)31(23-14-6-2-7-15-23)36-34(37-32)24-16-8-3-9-17-24/h1,3-6,8,12,14,19,22-27,29,31-32H,2,7,9-11,13,15-18,20-21H2,(H,36,37). The molecule has 0 radical (unpaired) electrons. The van der Waals surface area contributed by atoms with E-state index in [0.29, 0.717) is 52.4 Å². The van der Waals surface area contributed by atoms with Crippen molar-refractivity contribution in [2.75, 3.05) is 0 Å². The third-order valence-electron chi connectivity index (χ3n) is 10.4. The fourth-order valence-corrected chi connectivity index (χ4v) is 9.36. The van der Waals surface area contributed by atoms with Crippen molar-refractivity contribution in [1.29, 1.82) is 0 Å². The number of allylic oxidation sites excluding steroid dienone is 9. The van der Waals surface area contributed by atoms with Crippen LogP contribution in [0.5, 0.6) is 0 Å². The Morgan fingerprint density at radius 2 is 1.79 bits per heavy atom. The largest absolute Gasteiger partial charge is 0.465 e. The van der Waals surface area contributed by atoms with Crippen LogP contribution in [0.4, 0.5) is 0 Å². The summed E-state index contributed by atoms with van der Waals surface area (Å²) in [7, 11) is 0. The number of hydrogen-bond donors (Lipinski definition) is 1. The number of rotatable bonds is 4. The molecule has 7 rings (SSSR count). The van der Waals surface area contributed by atoms with Crippen LogP contribution >= 0.6 is 15.9 Å². The van der Waals surface area contributed by atoms with Crippen molar-refractivity contribution in [1.82, 2.24) is 5.32 Å². The summed E-state index contributed by atoms with van der Waals surface area (Å²) in [6.45, 7) is 0. The molecule has 2 aliphatic heterocycles. The first-order valence-electron chi connectivity index (χ1n) is 15.5. The Labute approximate surface area is 237 Å². The Hall–Kier alpha value is -1.81. The molecule has 5 aliphatic carbocycles. The molecular formula is C34H43BrN2O. The van der Waals surface area contributed by atoms with Gasteiger partial charge >= 0.3 is 0 Å². The molecular weight excluding hydrogens is 532 g/mol. The second-order valence-corrected chi connectivity index (χ2v) is 13.7. The summed E-state index contributed by atoms with van der Waals surface area (Å²) in [4.78, 5) is 6.14. The summed E-state index contributed by atoms with van der Waals surface area (Å²) in [5.74, 6) is 6.83. The molecule has 0 spiro atoms. The highest BCUT2D eigenvalue weighted by Gasteiger charge is 2.51. The van der Waals surface area contributed by atoms with Crippen molar-refractivity contribution >= 4 is 21.8 Å². The maximum atomic E-state index is 6.88. The van der Waals surface area contributed by atoms with Gasteiger partial charge in [0.15, 0.2) is 0 Å². The van der Waals surface area contributed by atoms with E-state index in [0.717, 1.165) is 19.3 Å². The van der Waals surface area contributed by atoms with Gasteiger partial charge in [0.2, 0.25) is 0 Å². The van der Waals surface area contributed by atoms with Gasteiger partial charge in [-0.05, 0) is 101 Å². The van der Waals surface area contributed by atoms with Gasteiger partial charge in [0.05, 0.1) is 6.04 Å². The van der Waals surface area contributed by atoms with Gasteiger partial charge in [-0.2, -0.15) is 0 Å². The van der Waals surface area contributed by atoms with Crippen LogP contribution in [0.25, 0.3) is 0 Å². The van der Waals surface area contributed by atoms with Crippen LogP contribution in [0.15, 0.2) is 76.8 Å². The number of aliphatic imine (C=N–C) groups is 1. The van der Waals surface area contributed by atoms with Crippen molar-refractivity contribution in [2.24, 2.45) is 40.5 Å². The quantitative estimate of drug-likeness (QED) is 0.270. The number of amidine groups is 1. The number of halogens is 1. The predicted octanol–water partition coefficient (Wildman–Crippen LogP) is 8.33. The van der Waals surface area contributed by atoms with Crippen molar-refractivity contribution in [2.45, 2.75) is 94.0 Å². The second-order valence-electron chi connectivity index (χ2n) is 12.6. The lowest BCUT2D eigenvalue weighted by molar-refractivity contribution is 0.133. The molecule has 0 amide bonds. The highest BCUT2D eigenvalue weighted by Crippen LogP contribution is 2.53. The topological polar surface area (TPSA) is 33.6 Å². The zero-order valence-electron chi connectivity index (χ0n) is 22.6. The molecule has 0 saturated carbocycles. The minimum Gasteiger partial charge on any atom is -0.465 e. The van der Waals surface area contributed by atoms with E-state index in [4.69, 9.17) is 9.73 Å². The van der Waals surface area contributed by atoms with E-state index in [2.05, 4.69) is 75.9 Å². The summed E-state index contributed by atoms with van der Waals surface area (Å²) >= 11 is 4.10. The van der Waals surface area contributed by atoms with Crippen LogP contribution in [0.2, 0.25) is 0 Å². The van der Waals surface area contributed by atoms with Gasteiger partial charge in [0.1, 0.15) is 17.4 Å². The lowest BCUT2D eigenvalue weighted by Crippen LogP contribution is -2.58. The fourth-order valence-electron chi connectivity index (χ4n) is 8.55. The highest BCUT2D eigenvalue weighted by atomic mass is 79.9. The first-order chi connectivity index (χ1) is 18.8. The maximum Gasteiger partial charge on any atom is 0.110 e. The van der Waals surface area contributed by atoms with Crippen LogP contribution in [-0.4, -0.2) is 22.7 Å². The molecule has 4 heteroatoms. The molecule has 9 unspecified atom stereocenters. The van der Waals surface area contributed by atoms with Crippen molar-refractivity contribution < 1.29 is 4.74 Å². The average Bonchev–Trinajstić information content (AvgIpc) is 3.39. The van der Waals surface area contributed by atoms with Gasteiger partial charge in [-0.1, -0.05) is 64.5 Å². The Bertz CT molecular complexity index is 1130. The van der Waals surface area contributed by atoms with E-state index in [1.807, 2.05) is 0 Å². The van der Waals surface area contributed by atoms with Crippen LogP contribution in [0, 0.1) is 35.5 Å². The van der Waals surface area contributed by atoms with Crippen LogP contribution < -0.4 is 5.32 Å². The van der Waals surface area contributed by atoms with Gasteiger partial charge in [-0.25, -0.2) is 0 Å². The number of alkyl halides is 1. The molecule has 38 heavy (non-hydrogen) atoms. The molecule has 9 atom stereocenters. The Morgan fingerprint density at radius 3 is 2.61 bits per heavy atom. The molecule has 0 fully saturated rings.